The van der Waals surface area contributed by atoms with Gasteiger partial charge in [-0.3, -0.25) is 4.90 Å². The molecule has 0 bridgehead atoms. The molecule has 17 heavy (non-hydrogen) atoms. The van der Waals surface area contributed by atoms with E-state index in [2.05, 4.69) is 42.3 Å². The molecule has 2 heteroatoms. The van der Waals surface area contributed by atoms with Crippen molar-refractivity contribution in [3.8, 4) is 0 Å². The molecule has 0 aromatic heterocycles. The molecule has 1 saturated heterocycles. The number of aryl methyl sites for hydroxylation is 2. The average Bonchev–Trinajstić information content (AvgIpc) is 2.39. The van der Waals surface area contributed by atoms with Crippen LogP contribution in [0.4, 0.5) is 0 Å². The van der Waals surface area contributed by atoms with Gasteiger partial charge in [0.2, 0.25) is 0 Å². The highest BCUT2D eigenvalue weighted by Gasteiger charge is 2.10. The molecule has 0 aliphatic carbocycles. The standard InChI is InChI=1S/C15H24N2/c1-3-13-9-14(4-2)11-15(10-13)12-17-7-5-16-6-8-17/h9-11,16H,3-8,12H2,1-2H3. The van der Waals surface area contributed by atoms with Crippen LogP contribution in [-0.2, 0) is 19.4 Å². The summed E-state index contributed by atoms with van der Waals surface area (Å²) in [5.74, 6) is 0. The Hall–Kier alpha value is -0.860. The number of hydrogen-bond donors (Lipinski definition) is 1. The van der Waals surface area contributed by atoms with Gasteiger partial charge in [0.1, 0.15) is 0 Å². The van der Waals surface area contributed by atoms with Crippen molar-refractivity contribution in [3.05, 3.63) is 34.9 Å². The Morgan fingerprint density at radius 1 is 0.941 bits per heavy atom. The first-order valence-corrected chi connectivity index (χ1v) is 6.86. The lowest BCUT2D eigenvalue weighted by atomic mass is 10.0. The first-order valence-electron chi connectivity index (χ1n) is 6.86. The van der Waals surface area contributed by atoms with Gasteiger partial charge in [0, 0.05) is 32.7 Å². The smallest absolute Gasteiger partial charge is 0.0235 e. The molecule has 0 amide bonds. The minimum atomic E-state index is 1.11. The van der Waals surface area contributed by atoms with Gasteiger partial charge in [-0.1, -0.05) is 32.0 Å². The monoisotopic (exact) mass is 232 g/mol. The molecule has 0 unspecified atom stereocenters. The molecule has 2 rings (SSSR count). The van der Waals surface area contributed by atoms with Crippen molar-refractivity contribution in [1.29, 1.82) is 0 Å². The molecule has 1 fully saturated rings. The Morgan fingerprint density at radius 2 is 1.47 bits per heavy atom. The van der Waals surface area contributed by atoms with Crippen LogP contribution < -0.4 is 5.32 Å². The molecule has 1 aromatic rings. The normalized spacial score (nSPS) is 17.3. The van der Waals surface area contributed by atoms with Gasteiger partial charge in [-0.05, 0) is 29.5 Å². The van der Waals surface area contributed by atoms with E-state index < -0.39 is 0 Å². The summed E-state index contributed by atoms with van der Waals surface area (Å²) in [5, 5.41) is 3.40. The molecule has 1 N–H and O–H groups in total. The maximum Gasteiger partial charge on any atom is 0.0235 e. The van der Waals surface area contributed by atoms with Crippen molar-refractivity contribution in [1.82, 2.24) is 10.2 Å². The molecule has 2 nitrogen and oxygen atoms in total. The number of benzene rings is 1. The summed E-state index contributed by atoms with van der Waals surface area (Å²) in [6, 6.07) is 7.10. The number of nitrogens with zero attached hydrogens (tertiary/aromatic N) is 1. The Labute approximate surface area is 105 Å². The van der Waals surface area contributed by atoms with E-state index in [0.29, 0.717) is 0 Å². The van der Waals surface area contributed by atoms with Crippen molar-refractivity contribution in [2.24, 2.45) is 0 Å². The third kappa shape index (κ3) is 3.55. The van der Waals surface area contributed by atoms with Gasteiger partial charge >= 0.3 is 0 Å². The fourth-order valence-electron chi connectivity index (χ4n) is 2.47. The van der Waals surface area contributed by atoms with Crippen LogP contribution in [0.3, 0.4) is 0 Å². The second kappa shape index (κ2) is 6.18. The van der Waals surface area contributed by atoms with Crippen LogP contribution in [0.5, 0.6) is 0 Å². The van der Waals surface area contributed by atoms with Crippen LogP contribution in [0.1, 0.15) is 30.5 Å². The lowest BCUT2D eigenvalue weighted by Crippen LogP contribution is -2.42. The second-order valence-corrected chi connectivity index (χ2v) is 4.89. The Kier molecular flexibility index (Phi) is 4.57. The topological polar surface area (TPSA) is 15.3 Å². The van der Waals surface area contributed by atoms with Crippen molar-refractivity contribution in [2.45, 2.75) is 33.2 Å². The van der Waals surface area contributed by atoms with E-state index in [9.17, 15) is 0 Å². The maximum absolute atomic E-state index is 3.40. The molecule has 1 aliphatic rings. The molecule has 1 aromatic carbocycles. The van der Waals surface area contributed by atoms with Crippen LogP contribution in [0, 0.1) is 0 Å². The zero-order valence-corrected chi connectivity index (χ0v) is 11.1. The number of piperazine rings is 1. The Balaban J connectivity index is 2.07. The fraction of sp³-hybridized carbons (Fsp3) is 0.600. The van der Waals surface area contributed by atoms with Crippen LogP contribution in [0.25, 0.3) is 0 Å². The quantitative estimate of drug-likeness (QED) is 0.856. The van der Waals surface area contributed by atoms with Gasteiger partial charge < -0.3 is 5.32 Å². The fourth-order valence-corrected chi connectivity index (χ4v) is 2.47. The highest BCUT2D eigenvalue weighted by molar-refractivity contribution is 5.30. The molecular formula is C15H24N2. The van der Waals surface area contributed by atoms with Crippen LogP contribution in [-0.4, -0.2) is 31.1 Å². The van der Waals surface area contributed by atoms with E-state index >= 15 is 0 Å². The zero-order valence-electron chi connectivity index (χ0n) is 11.1. The summed E-state index contributed by atoms with van der Waals surface area (Å²) in [6.07, 6.45) is 2.28. The van der Waals surface area contributed by atoms with Gasteiger partial charge in [0.05, 0.1) is 0 Å². The first-order chi connectivity index (χ1) is 8.31. The largest absolute Gasteiger partial charge is 0.314 e. The van der Waals surface area contributed by atoms with Gasteiger partial charge in [-0.2, -0.15) is 0 Å². The summed E-state index contributed by atoms with van der Waals surface area (Å²) in [5.41, 5.74) is 4.45. The summed E-state index contributed by atoms with van der Waals surface area (Å²) >= 11 is 0. The molecule has 1 heterocycles. The molecule has 94 valence electrons. The lowest BCUT2D eigenvalue weighted by molar-refractivity contribution is 0.233. The van der Waals surface area contributed by atoms with E-state index in [4.69, 9.17) is 0 Å². The highest BCUT2D eigenvalue weighted by Crippen LogP contribution is 2.14. The van der Waals surface area contributed by atoms with Crippen molar-refractivity contribution < 1.29 is 0 Å². The average molecular weight is 232 g/mol. The first kappa shape index (κ1) is 12.6. The predicted octanol–water partition coefficient (Wildman–Crippen LogP) is 2.22. The van der Waals surface area contributed by atoms with E-state index in [-0.39, 0.29) is 0 Å². The molecule has 0 atom stereocenters. The van der Waals surface area contributed by atoms with E-state index in [1.807, 2.05) is 0 Å². The van der Waals surface area contributed by atoms with E-state index in [1.165, 1.54) is 29.8 Å². The molecule has 0 saturated carbocycles. The summed E-state index contributed by atoms with van der Waals surface area (Å²) < 4.78 is 0. The summed E-state index contributed by atoms with van der Waals surface area (Å²) in [7, 11) is 0. The number of rotatable bonds is 4. The molecular weight excluding hydrogens is 208 g/mol. The minimum Gasteiger partial charge on any atom is -0.314 e. The molecule has 0 radical (unpaired) electrons. The zero-order chi connectivity index (χ0) is 12.1. The van der Waals surface area contributed by atoms with Crippen molar-refractivity contribution >= 4 is 0 Å². The van der Waals surface area contributed by atoms with Gasteiger partial charge in [-0.25, -0.2) is 0 Å². The van der Waals surface area contributed by atoms with Gasteiger partial charge in [0.15, 0.2) is 0 Å². The lowest BCUT2D eigenvalue weighted by Gasteiger charge is -2.27. The number of hydrogen-bond acceptors (Lipinski definition) is 2. The minimum absolute atomic E-state index is 1.11. The molecule has 1 aliphatic heterocycles. The maximum atomic E-state index is 3.40. The van der Waals surface area contributed by atoms with E-state index in [0.717, 1.165) is 32.5 Å². The van der Waals surface area contributed by atoms with Crippen molar-refractivity contribution in [2.75, 3.05) is 26.2 Å². The highest BCUT2D eigenvalue weighted by atomic mass is 15.2. The number of nitrogens with one attached hydrogen (secondary N) is 1. The van der Waals surface area contributed by atoms with Crippen LogP contribution in [0.15, 0.2) is 18.2 Å². The predicted molar refractivity (Wildman–Crippen MR) is 73.3 cm³/mol. The Morgan fingerprint density at radius 3 is 2.00 bits per heavy atom. The summed E-state index contributed by atoms with van der Waals surface area (Å²) in [4.78, 5) is 2.55. The molecule has 0 spiro atoms. The van der Waals surface area contributed by atoms with E-state index in [1.54, 1.807) is 0 Å². The second-order valence-electron chi connectivity index (χ2n) is 4.89. The van der Waals surface area contributed by atoms with Gasteiger partial charge in [0.25, 0.3) is 0 Å². The summed E-state index contributed by atoms with van der Waals surface area (Å²) in [6.45, 7) is 10.2. The van der Waals surface area contributed by atoms with Gasteiger partial charge in [-0.15, -0.1) is 0 Å². The SMILES string of the molecule is CCc1cc(CC)cc(CN2CCNCC2)c1. The van der Waals surface area contributed by atoms with Crippen LogP contribution >= 0.6 is 0 Å². The third-order valence-corrected chi connectivity index (χ3v) is 3.54. The van der Waals surface area contributed by atoms with Crippen LogP contribution in [0.2, 0.25) is 0 Å². The Bertz CT molecular complexity index is 332. The third-order valence-electron chi connectivity index (χ3n) is 3.54. The van der Waals surface area contributed by atoms with Crippen molar-refractivity contribution in [3.63, 3.8) is 0 Å².